The van der Waals surface area contributed by atoms with Crippen molar-refractivity contribution in [1.82, 2.24) is 0 Å². The molecule has 0 aromatic carbocycles. The summed E-state index contributed by atoms with van der Waals surface area (Å²) in [5.41, 5.74) is -1.47. The summed E-state index contributed by atoms with van der Waals surface area (Å²) in [5, 5.41) is 0. The molecule has 0 amide bonds. The summed E-state index contributed by atoms with van der Waals surface area (Å²) in [6.07, 6.45) is 10.5. The largest absolute Gasteiger partial charge is 0.464 e. The molecule has 43 heavy (non-hydrogen) atoms. The minimum Gasteiger partial charge on any atom is -0.464 e. The number of carbonyl (C=O) groups excluding carboxylic acids is 4. The molecular weight excluding hydrogens is 548 g/mol. The van der Waals surface area contributed by atoms with Crippen molar-refractivity contribution in [3.05, 3.63) is 0 Å². The molecule has 8 heteroatoms. The molecule has 0 aromatic rings. The fraction of sp³-hybridized carbons (Fsp3) is 0.886. The fourth-order valence-corrected chi connectivity index (χ4v) is 13.6. The van der Waals surface area contributed by atoms with Crippen LogP contribution in [-0.2, 0) is 38.1 Å². The molecule has 0 aromatic heterocycles. The van der Waals surface area contributed by atoms with Crippen molar-refractivity contribution in [3.8, 4) is 0 Å². The number of hydrogen-bond donors (Lipinski definition) is 0. The van der Waals surface area contributed by atoms with Crippen LogP contribution in [-0.4, -0.2) is 55.7 Å². The molecule has 12 atom stereocenters. The Bertz CT molecular complexity index is 1260. The Morgan fingerprint density at radius 2 is 1.26 bits per heavy atom. The zero-order valence-corrected chi connectivity index (χ0v) is 25.3. The van der Waals surface area contributed by atoms with Crippen molar-refractivity contribution >= 4 is 23.5 Å². The highest BCUT2D eigenvalue weighted by atomic mass is 16.7. The molecule has 1 saturated heterocycles. The van der Waals surface area contributed by atoms with Crippen molar-refractivity contribution in [2.45, 2.75) is 89.8 Å². The summed E-state index contributed by atoms with van der Waals surface area (Å²) in [6, 6.07) is 0. The predicted octanol–water partition coefficient (Wildman–Crippen LogP) is 4.27. The Labute approximate surface area is 252 Å². The average molecular weight is 593 g/mol. The number of Topliss-reactive ketones (excluding diaryl/α,β-unsaturated/α-hetero) is 2. The van der Waals surface area contributed by atoms with E-state index in [1.807, 2.05) is 0 Å². The third-order valence-corrected chi connectivity index (χ3v) is 15.2. The number of hydrogen-bond acceptors (Lipinski definition) is 8. The molecule has 1 heterocycles. The second-order valence-electron chi connectivity index (χ2n) is 17.9. The Balaban J connectivity index is 0.875. The van der Waals surface area contributed by atoms with Crippen LogP contribution in [0.15, 0.2) is 0 Å². The Hall–Kier alpha value is -1.80. The van der Waals surface area contributed by atoms with Crippen LogP contribution in [0, 0.1) is 74.9 Å². The first kappa shape index (κ1) is 26.4. The van der Waals surface area contributed by atoms with Gasteiger partial charge < -0.3 is 18.9 Å². The van der Waals surface area contributed by atoms with Gasteiger partial charge in [-0.25, -0.2) is 0 Å². The van der Waals surface area contributed by atoms with E-state index >= 15 is 0 Å². The van der Waals surface area contributed by atoms with Gasteiger partial charge in [-0.3, -0.25) is 19.2 Å². The lowest BCUT2D eigenvalue weighted by Crippen LogP contribution is -2.60. The molecule has 12 aliphatic carbocycles. The smallest absolute Gasteiger partial charge is 0.312 e. The molecular formula is C35H44O8. The van der Waals surface area contributed by atoms with Crippen LogP contribution in [0.1, 0.15) is 84.0 Å². The van der Waals surface area contributed by atoms with Crippen LogP contribution >= 0.6 is 0 Å². The van der Waals surface area contributed by atoms with E-state index in [1.165, 1.54) is 6.42 Å². The zero-order valence-electron chi connectivity index (χ0n) is 25.3. The van der Waals surface area contributed by atoms with E-state index in [1.54, 1.807) is 0 Å². The van der Waals surface area contributed by atoms with E-state index in [-0.39, 0.29) is 48.8 Å². The van der Waals surface area contributed by atoms with Gasteiger partial charge in [-0.2, -0.15) is 0 Å². The van der Waals surface area contributed by atoms with Crippen LogP contribution in [0.5, 0.6) is 0 Å². The molecule has 0 N–H and O–H groups in total. The first-order chi connectivity index (χ1) is 20.5. The van der Waals surface area contributed by atoms with Gasteiger partial charge in [0, 0.05) is 35.5 Å². The van der Waals surface area contributed by atoms with Gasteiger partial charge in [0.15, 0.2) is 5.79 Å². The van der Waals surface area contributed by atoms with E-state index in [0.29, 0.717) is 85.5 Å². The van der Waals surface area contributed by atoms with Crippen LogP contribution < -0.4 is 0 Å². The maximum atomic E-state index is 13.7. The predicted molar refractivity (Wildman–Crippen MR) is 149 cm³/mol. The lowest BCUT2D eigenvalue weighted by atomic mass is 9.68. The molecule has 1 spiro atoms. The second kappa shape index (κ2) is 8.12. The Morgan fingerprint density at radius 1 is 0.698 bits per heavy atom. The number of ketones is 2. The van der Waals surface area contributed by atoms with E-state index in [9.17, 15) is 19.2 Å². The van der Waals surface area contributed by atoms with Crippen molar-refractivity contribution in [3.63, 3.8) is 0 Å². The molecule has 232 valence electrons. The van der Waals surface area contributed by atoms with Crippen molar-refractivity contribution < 1.29 is 38.1 Å². The lowest BCUT2D eigenvalue weighted by molar-refractivity contribution is -0.353. The fourth-order valence-electron chi connectivity index (χ4n) is 13.6. The first-order valence-corrected chi connectivity index (χ1v) is 17.2. The summed E-state index contributed by atoms with van der Waals surface area (Å²) in [7, 11) is 0. The Morgan fingerprint density at radius 3 is 1.74 bits per heavy atom. The van der Waals surface area contributed by atoms with Gasteiger partial charge in [0.05, 0.1) is 29.5 Å². The maximum Gasteiger partial charge on any atom is 0.312 e. The number of carbonyl (C=O) groups is 4. The van der Waals surface area contributed by atoms with Gasteiger partial charge in [-0.15, -0.1) is 0 Å². The van der Waals surface area contributed by atoms with Gasteiger partial charge in [0.1, 0.15) is 24.8 Å². The highest BCUT2D eigenvalue weighted by Crippen LogP contribution is 2.70. The normalized spacial score (nSPS) is 57.6. The summed E-state index contributed by atoms with van der Waals surface area (Å²) in [6.45, 7) is 3.25. The van der Waals surface area contributed by atoms with Gasteiger partial charge in [0.25, 0.3) is 0 Å². The van der Waals surface area contributed by atoms with Crippen LogP contribution in [0.2, 0.25) is 0 Å². The van der Waals surface area contributed by atoms with E-state index in [2.05, 4.69) is 6.92 Å². The summed E-state index contributed by atoms with van der Waals surface area (Å²) in [5.74, 6) is 1.94. The number of ether oxygens (including phenoxy) is 4. The summed E-state index contributed by atoms with van der Waals surface area (Å²) in [4.78, 5) is 52.7. The van der Waals surface area contributed by atoms with Gasteiger partial charge in [0.2, 0.25) is 0 Å². The van der Waals surface area contributed by atoms with Crippen LogP contribution in [0.25, 0.3) is 0 Å². The van der Waals surface area contributed by atoms with E-state index < -0.39 is 22.0 Å². The lowest BCUT2D eigenvalue weighted by Gasteiger charge is -2.52. The van der Waals surface area contributed by atoms with Crippen molar-refractivity contribution in [2.24, 2.45) is 74.9 Å². The molecule has 12 bridgehead atoms. The molecule has 8 nitrogen and oxygen atoms in total. The molecule has 0 radical (unpaired) electrons. The minimum absolute atomic E-state index is 0.0131. The van der Waals surface area contributed by atoms with Crippen LogP contribution in [0.4, 0.5) is 0 Å². The monoisotopic (exact) mass is 592 g/mol. The van der Waals surface area contributed by atoms with Gasteiger partial charge in [-0.1, -0.05) is 6.92 Å². The minimum atomic E-state index is -0.773. The third kappa shape index (κ3) is 3.31. The molecule has 1 aliphatic heterocycles. The zero-order chi connectivity index (χ0) is 29.1. The number of rotatable bonds is 6. The Kier molecular flexibility index (Phi) is 4.99. The van der Waals surface area contributed by atoms with Gasteiger partial charge >= 0.3 is 11.9 Å². The van der Waals surface area contributed by atoms with Crippen LogP contribution in [0.3, 0.4) is 0 Å². The van der Waals surface area contributed by atoms with Crippen molar-refractivity contribution in [1.29, 1.82) is 0 Å². The molecule has 12 saturated carbocycles. The third-order valence-electron chi connectivity index (χ3n) is 15.2. The highest BCUT2D eigenvalue weighted by Gasteiger charge is 2.70. The number of esters is 2. The molecule has 13 rings (SSSR count). The standard InChI is InChI=1S/C35H44O8/c1-31-5-20-4-23(10-31)35(26(20)13-31)42-16-32(17-43-35,14-40-29(38)33-6-18-2-21(8-33)27(36)24(18)11-33)15-41-30(39)34-7-19-3-22(9-34)28(37)25(19)12-34/h18-26H,2-17H2,1H3. The summed E-state index contributed by atoms with van der Waals surface area (Å²) < 4.78 is 26.0. The molecule has 12 unspecified atom stereocenters. The first-order valence-electron chi connectivity index (χ1n) is 17.2. The topological polar surface area (TPSA) is 105 Å². The molecule has 13 fully saturated rings. The SMILES string of the molecule is CC12CC3CC(C1)C1(OCC(COC(=O)C45CC6CC(C4)C(C5)C6=O)(COC(=O)C45CC6CC(C4)C(C5)C6=O)CO1)C3C2. The van der Waals surface area contributed by atoms with Gasteiger partial charge in [-0.05, 0) is 100 Å². The van der Waals surface area contributed by atoms with Crippen molar-refractivity contribution in [2.75, 3.05) is 26.4 Å². The summed E-state index contributed by atoms with van der Waals surface area (Å²) >= 11 is 0. The average Bonchev–Trinajstić information content (AvgIpc) is 3.70. The molecule has 13 aliphatic rings. The maximum absolute atomic E-state index is 13.7. The highest BCUT2D eigenvalue weighted by molar-refractivity contribution is 5.92. The quantitative estimate of drug-likeness (QED) is 0.421. The van der Waals surface area contributed by atoms with E-state index in [0.717, 1.165) is 44.9 Å². The second-order valence-corrected chi connectivity index (χ2v) is 17.9. The van der Waals surface area contributed by atoms with E-state index in [4.69, 9.17) is 18.9 Å².